The van der Waals surface area contributed by atoms with Crippen LogP contribution in [0.1, 0.15) is 18.1 Å². The Morgan fingerprint density at radius 2 is 2.09 bits per heavy atom. The molecule has 1 atom stereocenters. The average molecular weight is 318 g/mol. The van der Waals surface area contributed by atoms with Crippen molar-refractivity contribution >= 4 is 15.7 Å². The molecule has 0 bridgehead atoms. The first-order valence-corrected chi connectivity index (χ1v) is 8.54. The highest BCUT2D eigenvalue weighted by atomic mass is 32.2. The molecule has 0 N–H and O–H groups in total. The van der Waals surface area contributed by atoms with Crippen LogP contribution in [0.5, 0.6) is 0 Å². The van der Waals surface area contributed by atoms with Gasteiger partial charge in [0.25, 0.3) is 10.0 Å². The molecule has 0 aliphatic carbocycles. The number of rotatable bonds is 4. The van der Waals surface area contributed by atoms with Gasteiger partial charge in [-0.2, -0.15) is 0 Å². The van der Waals surface area contributed by atoms with Gasteiger partial charge in [0.2, 0.25) is 0 Å². The highest BCUT2D eigenvalue weighted by molar-refractivity contribution is 7.93. The van der Waals surface area contributed by atoms with E-state index in [4.69, 9.17) is 4.74 Å². The van der Waals surface area contributed by atoms with Crippen molar-refractivity contribution in [1.29, 1.82) is 0 Å². The zero-order valence-corrected chi connectivity index (χ0v) is 13.4. The molecule has 2 heterocycles. The molecule has 1 aliphatic rings. The third kappa shape index (κ3) is 2.38. The third-order valence-electron chi connectivity index (χ3n) is 3.84. The number of nitrogens with zero attached hydrogens (tertiary/aromatic N) is 2. The molecule has 3 rings (SSSR count). The number of hydrogen-bond acceptors (Lipinski definition) is 4. The Morgan fingerprint density at radius 1 is 1.32 bits per heavy atom. The van der Waals surface area contributed by atoms with Crippen molar-refractivity contribution in [1.82, 2.24) is 4.98 Å². The van der Waals surface area contributed by atoms with E-state index in [1.165, 1.54) is 4.31 Å². The second kappa shape index (κ2) is 5.70. The van der Waals surface area contributed by atoms with Crippen LogP contribution in [0.2, 0.25) is 0 Å². The Labute approximate surface area is 130 Å². The quantitative estimate of drug-likeness (QED) is 0.868. The van der Waals surface area contributed by atoms with Crippen LogP contribution in [-0.2, 0) is 27.8 Å². The summed E-state index contributed by atoms with van der Waals surface area (Å²) in [6.07, 6.45) is 4.04. The third-order valence-corrected chi connectivity index (χ3v) is 5.87. The minimum Gasteiger partial charge on any atom is -0.380 e. The lowest BCUT2D eigenvalue weighted by Gasteiger charge is -2.25. The fourth-order valence-electron chi connectivity index (χ4n) is 2.93. The molecule has 22 heavy (non-hydrogen) atoms. The van der Waals surface area contributed by atoms with E-state index in [9.17, 15) is 8.42 Å². The van der Waals surface area contributed by atoms with Crippen LogP contribution in [0.25, 0.3) is 0 Å². The second-order valence-corrected chi connectivity index (χ2v) is 7.18. The predicted octanol–water partition coefficient (Wildman–Crippen LogP) is 2.37. The van der Waals surface area contributed by atoms with Crippen LogP contribution in [0.4, 0.5) is 5.69 Å². The van der Waals surface area contributed by atoms with Crippen LogP contribution in [0.3, 0.4) is 0 Å². The van der Waals surface area contributed by atoms with E-state index in [-0.39, 0.29) is 12.6 Å². The molecule has 2 aromatic rings. The molecule has 1 aromatic heterocycles. The second-order valence-electron chi connectivity index (χ2n) is 5.40. The van der Waals surface area contributed by atoms with E-state index in [1.807, 2.05) is 13.0 Å². The van der Waals surface area contributed by atoms with Gasteiger partial charge in [-0.3, -0.25) is 9.29 Å². The summed E-state index contributed by atoms with van der Waals surface area (Å²) in [6, 6.07) is 8.61. The first-order chi connectivity index (χ1) is 10.6. The van der Waals surface area contributed by atoms with Crippen molar-refractivity contribution in [3.63, 3.8) is 0 Å². The standard InChI is InChI=1S/C16H18N2O3S/c1-12-9-14-10-17-8-7-15(14)18(12)22(19,20)16-6-4-3-5-13(16)11-21-2/h3-8,10,12H,9,11H2,1-2H3. The monoisotopic (exact) mass is 318 g/mol. The molecular formula is C16H18N2O3S. The maximum Gasteiger partial charge on any atom is 0.264 e. The molecule has 0 spiro atoms. The topological polar surface area (TPSA) is 59.5 Å². The fourth-order valence-corrected chi connectivity index (χ4v) is 4.84. The van der Waals surface area contributed by atoms with E-state index in [1.54, 1.807) is 43.8 Å². The van der Waals surface area contributed by atoms with Crippen molar-refractivity contribution in [2.24, 2.45) is 0 Å². The number of aromatic nitrogens is 1. The minimum atomic E-state index is -3.63. The van der Waals surface area contributed by atoms with Crippen molar-refractivity contribution in [3.05, 3.63) is 53.9 Å². The molecule has 0 saturated carbocycles. The Hall–Kier alpha value is -1.92. The molecule has 1 aliphatic heterocycles. The van der Waals surface area contributed by atoms with Crippen LogP contribution in [0, 0.1) is 0 Å². The number of methoxy groups -OCH3 is 1. The molecular weight excluding hydrogens is 300 g/mol. The van der Waals surface area contributed by atoms with Gasteiger partial charge in [-0.1, -0.05) is 18.2 Å². The Balaban J connectivity index is 2.12. The van der Waals surface area contributed by atoms with Crippen LogP contribution < -0.4 is 4.31 Å². The van der Waals surface area contributed by atoms with Gasteiger partial charge in [-0.05, 0) is 36.6 Å². The van der Waals surface area contributed by atoms with Gasteiger partial charge >= 0.3 is 0 Å². The summed E-state index contributed by atoms with van der Waals surface area (Å²) in [7, 11) is -2.07. The highest BCUT2D eigenvalue weighted by Crippen LogP contribution is 2.36. The van der Waals surface area contributed by atoms with Gasteiger partial charge < -0.3 is 4.74 Å². The lowest BCUT2D eigenvalue weighted by atomic mass is 10.2. The zero-order chi connectivity index (χ0) is 15.7. The van der Waals surface area contributed by atoms with Gasteiger partial charge in [-0.25, -0.2) is 8.42 Å². The lowest BCUT2D eigenvalue weighted by Crippen LogP contribution is -2.36. The van der Waals surface area contributed by atoms with Crippen molar-refractivity contribution in [2.45, 2.75) is 30.9 Å². The number of anilines is 1. The molecule has 116 valence electrons. The average Bonchev–Trinajstić information content (AvgIpc) is 2.84. The molecule has 0 saturated heterocycles. The van der Waals surface area contributed by atoms with Crippen molar-refractivity contribution in [3.8, 4) is 0 Å². The van der Waals surface area contributed by atoms with E-state index in [0.29, 0.717) is 16.9 Å². The summed E-state index contributed by atoms with van der Waals surface area (Å²) in [5.74, 6) is 0. The van der Waals surface area contributed by atoms with E-state index >= 15 is 0 Å². The summed E-state index contributed by atoms with van der Waals surface area (Å²) in [4.78, 5) is 4.38. The number of hydrogen-bond donors (Lipinski definition) is 0. The van der Waals surface area contributed by atoms with Crippen LogP contribution in [-0.4, -0.2) is 26.6 Å². The molecule has 0 fully saturated rings. The Bertz CT molecular complexity index is 789. The molecule has 1 unspecified atom stereocenters. The van der Waals surface area contributed by atoms with Crippen LogP contribution >= 0.6 is 0 Å². The summed E-state index contributed by atoms with van der Waals surface area (Å²) >= 11 is 0. The van der Waals surface area contributed by atoms with Gasteiger partial charge in [0.1, 0.15) is 0 Å². The SMILES string of the molecule is COCc1ccccc1S(=O)(=O)N1c2ccncc2CC1C. The number of ether oxygens (including phenoxy) is 1. The Morgan fingerprint density at radius 3 is 2.86 bits per heavy atom. The number of fused-ring (bicyclic) bond motifs is 1. The summed E-state index contributed by atoms with van der Waals surface area (Å²) in [6.45, 7) is 2.18. The largest absolute Gasteiger partial charge is 0.380 e. The van der Waals surface area contributed by atoms with E-state index < -0.39 is 10.0 Å². The molecule has 6 heteroatoms. The number of sulfonamides is 1. The highest BCUT2D eigenvalue weighted by Gasteiger charge is 2.36. The van der Waals surface area contributed by atoms with Gasteiger partial charge in [0.15, 0.2) is 0 Å². The minimum absolute atomic E-state index is 0.125. The van der Waals surface area contributed by atoms with Gasteiger partial charge in [0, 0.05) is 25.5 Å². The number of benzene rings is 1. The van der Waals surface area contributed by atoms with E-state index in [2.05, 4.69) is 4.98 Å². The van der Waals surface area contributed by atoms with E-state index in [0.717, 1.165) is 11.3 Å². The summed E-state index contributed by atoms with van der Waals surface area (Å²) in [5.41, 5.74) is 2.34. The number of pyridine rings is 1. The van der Waals surface area contributed by atoms with Gasteiger partial charge in [-0.15, -0.1) is 0 Å². The maximum atomic E-state index is 13.2. The van der Waals surface area contributed by atoms with Crippen molar-refractivity contribution < 1.29 is 13.2 Å². The first-order valence-electron chi connectivity index (χ1n) is 7.10. The first kappa shape index (κ1) is 15.0. The van der Waals surface area contributed by atoms with Crippen molar-refractivity contribution in [2.75, 3.05) is 11.4 Å². The zero-order valence-electron chi connectivity index (χ0n) is 12.6. The maximum absolute atomic E-state index is 13.2. The molecule has 0 radical (unpaired) electrons. The normalized spacial score (nSPS) is 17.5. The smallest absolute Gasteiger partial charge is 0.264 e. The van der Waals surface area contributed by atoms with Crippen LogP contribution in [0.15, 0.2) is 47.6 Å². The summed E-state index contributed by atoms with van der Waals surface area (Å²) in [5, 5.41) is 0. The lowest BCUT2D eigenvalue weighted by molar-refractivity contribution is 0.182. The molecule has 5 nitrogen and oxygen atoms in total. The Kier molecular flexibility index (Phi) is 3.88. The molecule has 1 aromatic carbocycles. The van der Waals surface area contributed by atoms with Gasteiger partial charge in [0.05, 0.1) is 17.2 Å². The summed E-state index contributed by atoms with van der Waals surface area (Å²) < 4.78 is 32.9. The predicted molar refractivity (Wildman–Crippen MR) is 84.2 cm³/mol. The molecule has 0 amide bonds. The fraction of sp³-hybridized carbons (Fsp3) is 0.312.